The Hall–Kier alpha value is -4.20. The summed E-state index contributed by atoms with van der Waals surface area (Å²) in [6.45, 7) is 5.01. The Balaban J connectivity index is 2.97. The number of nitrogens with two attached hydrogens (primary N) is 1. The number of esters is 1. The lowest BCUT2D eigenvalue weighted by atomic mass is 10.0. The van der Waals surface area contributed by atoms with Crippen molar-refractivity contribution in [2.45, 2.75) is 71.2 Å². The summed E-state index contributed by atoms with van der Waals surface area (Å²) < 4.78 is 4.94. The van der Waals surface area contributed by atoms with Gasteiger partial charge in [-0.1, -0.05) is 26.0 Å². The van der Waals surface area contributed by atoms with Crippen molar-refractivity contribution >= 4 is 41.4 Å². The van der Waals surface area contributed by atoms with Crippen molar-refractivity contribution in [2.24, 2.45) is 11.7 Å². The fourth-order valence-electron chi connectivity index (χ4n) is 3.61. The van der Waals surface area contributed by atoms with Crippen LogP contribution < -0.4 is 32.3 Å². The Kier molecular flexibility index (Phi) is 14.7. The smallest absolute Gasteiger partial charge is 0.312 e. The lowest BCUT2D eigenvalue weighted by Crippen LogP contribution is -2.57. The number of benzene rings is 1. The van der Waals surface area contributed by atoms with Crippen LogP contribution in [0.5, 0.6) is 0 Å². The number of hydrogen-bond acceptors (Lipinski definition) is 8. The van der Waals surface area contributed by atoms with E-state index in [1.165, 1.54) is 14.0 Å². The van der Waals surface area contributed by atoms with Gasteiger partial charge in [0, 0.05) is 25.6 Å². The molecule has 0 spiro atoms. The maximum absolute atomic E-state index is 13.2. The molecule has 0 aromatic heterocycles. The number of anilines is 1. The maximum Gasteiger partial charge on any atom is 0.312 e. The van der Waals surface area contributed by atoms with Crippen LogP contribution in [0.2, 0.25) is 0 Å². The summed E-state index contributed by atoms with van der Waals surface area (Å²) in [6, 6.07) is 3.02. The van der Waals surface area contributed by atoms with Crippen molar-refractivity contribution in [3.05, 3.63) is 29.8 Å². The van der Waals surface area contributed by atoms with Crippen molar-refractivity contribution in [3.63, 3.8) is 0 Å². The highest BCUT2D eigenvalue weighted by molar-refractivity contribution is 5.98. The van der Waals surface area contributed by atoms with Crippen molar-refractivity contribution in [3.8, 4) is 0 Å². The van der Waals surface area contributed by atoms with Gasteiger partial charge in [0.1, 0.15) is 18.7 Å². The Bertz CT molecular complexity index is 1030. The average molecular weight is 565 g/mol. The van der Waals surface area contributed by atoms with Crippen LogP contribution in [0.25, 0.3) is 0 Å². The fraction of sp³-hybridized carbons (Fsp3) is 0.538. The number of rotatable bonds is 17. The molecule has 0 heterocycles. The summed E-state index contributed by atoms with van der Waals surface area (Å²) in [6.07, 6.45) is 0.267. The predicted molar refractivity (Wildman–Crippen MR) is 146 cm³/mol. The molecule has 0 aliphatic carbocycles. The molecular formula is C26H40N6O8. The number of likely N-dealkylation sites (N-methyl/N-ethyl adjacent to an activating group) is 1. The van der Waals surface area contributed by atoms with Crippen LogP contribution in [0.1, 0.15) is 52.0 Å². The van der Waals surface area contributed by atoms with E-state index in [0.29, 0.717) is 17.7 Å². The van der Waals surface area contributed by atoms with Gasteiger partial charge in [0.25, 0.3) is 0 Å². The molecule has 0 fully saturated rings. The second kappa shape index (κ2) is 17.4. The van der Waals surface area contributed by atoms with Gasteiger partial charge in [-0.15, -0.1) is 0 Å². The highest BCUT2D eigenvalue weighted by atomic mass is 16.5. The number of amides is 5. The maximum atomic E-state index is 13.2. The van der Waals surface area contributed by atoms with E-state index in [-0.39, 0.29) is 38.3 Å². The summed E-state index contributed by atoms with van der Waals surface area (Å²) in [5.74, 6) is -3.49. The highest BCUT2D eigenvalue weighted by Gasteiger charge is 2.30. The SMILES string of the molecule is CNC(CCC(=O)O)C(=O)NC(C(=O)NC(CCCNC(N)=O)C(=O)Nc1ccc(COC(C)=O)cc1)C(C)C. The Labute approximate surface area is 233 Å². The molecule has 1 aromatic carbocycles. The third kappa shape index (κ3) is 13.0. The summed E-state index contributed by atoms with van der Waals surface area (Å²) in [5, 5.41) is 22.2. The fourth-order valence-corrected chi connectivity index (χ4v) is 3.61. The number of carbonyl (C=O) groups is 6. The molecule has 222 valence electrons. The molecule has 1 aromatic rings. The molecule has 0 bridgehead atoms. The normalized spacial score (nSPS) is 12.9. The summed E-state index contributed by atoms with van der Waals surface area (Å²) in [4.78, 5) is 72.0. The topological polar surface area (TPSA) is 218 Å². The predicted octanol–water partition coefficient (Wildman–Crippen LogP) is 0.215. The van der Waals surface area contributed by atoms with Crippen molar-refractivity contribution < 1.29 is 38.6 Å². The first-order valence-corrected chi connectivity index (χ1v) is 12.9. The van der Waals surface area contributed by atoms with E-state index in [2.05, 4.69) is 26.6 Å². The summed E-state index contributed by atoms with van der Waals surface area (Å²) >= 11 is 0. The molecule has 14 nitrogen and oxygen atoms in total. The van der Waals surface area contributed by atoms with Crippen LogP contribution in [-0.2, 0) is 35.3 Å². The summed E-state index contributed by atoms with van der Waals surface area (Å²) in [5.41, 5.74) is 6.25. The van der Waals surface area contributed by atoms with E-state index in [0.717, 1.165) is 0 Å². The first-order valence-electron chi connectivity index (χ1n) is 12.9. The molecule has 3 unspecified atom stereocenters. The lowest BCUT2D eigenvalue weighted by Gasteiger charge is -2.27. The third-order valence-corrected chi connectivity index (χ3v) is 5.82. The number of aliphatic carboxylic acids is 1. The van der Waals surface area contributed by atoms with E-state index >= 15 is 0 Å². The summed E-state index contributed by atoms with van der Waals surface area (Å²) in [7, 11) is 1.51. The standard InChI is InChI=1S/C26H40N6O8/c1-15(2)22(32-23(36)19(28-4)11-12-21(34)35)25(38)31-20(6-5-13-29-26(27)39)24(37)30-18-9-7-17(8-10-18)14-40-16(3)33/h7-10,15,19-20,22,28H,5-6,11-14H2,1-4H3,(H,30,37)(H,31,38)(H,32,36)(H,34,35)(H3,27,29,39). The zero-order valence-corrected chi connectivity index (χ0v) is 23.2. The zero-order chi connectivity index (χ0) is 30.2. The van der Waals surface area contributed by atoms with E-state index < -0.39 is 53.8 Å². The number of hydrogen-bond donors (Lipinski definition) is 7. The Morgan fingerprint density at radius 1 is 0.925 bits per heavy atom. The van der Waals surface area contributed by atoms with Gasteiger partial charge in [0.2, 0.25) is 17.7 Å². The van der Waals surface area contributed by atoms with Gasteiger partial charge in [0.15, 0.2) is 0 Å². The number of carboxylic acids is 1. The molecule has 14 heteroatoms. The molecule has 8 N–H and O–H groups in total. The van der Waals surface area contributed by atoms with Crippen LogP contribution >= 0.6 is 0 Å². The minimum absolute atomic E-state index is 0.0294. The Morgan fingerprint density at radius 3 is 2.10 bits per heavy atom. The second-order valence-electron chi connectivity index (χ2n) is 9.46. The van der Waals surface area contributed by atoms with E-state index in [1.807, 2.05) is 0 Å². The monoisotopic (exact) mass is 564 g/mol. The molecule has 0 saturated carbocycles. The van der Waals surface area contributed by atoms with Gasteiger partial charge in [-0.25, -0.2) is 4.79 Å². The number of ether oxygens (including phenoxy) is 1. The first-order chi connectivity index (χ1) is 18.8. The number of primary amides is 1. The molecule has 0 aliphatic rings. The average Bonchev–Trinajstić information content (AvgIpc) is 2.88. The molecule has 0 aliphatic heterocycles. The molecule has 40 heavy (non-hydrogen) atoms. The quantitative estimate of drug-likeness (QED) is 0.101. The van der Waals surface area contributed by atoms with Gasteiger partial charge in [-0.2, -0.15) is 0 Å². The third-order valence-electron chi connectivity index (χ3n) is 5.82. The first kappa shape index (κ1) is 33.8. The largest absolute Gasteiger partial charge is 0.481 e. The van der Waals surface area contributed by atoms with Gasteiger partial charge in [-0.3, -0.25) is 24.0 Å². The van der Waals surface area contributed by atoms with Gasteiger partial charge in [-0.05, 0) is 49.9 Å². The molecule has 1 rings (SSSR count). The molecule has 0 saturated heterocycles. The van der Waals surface area contributed by atoms with Crippen molar-refractivity contribution in [1.29, 1.82) is 0 Å². The van der Waals surface area contributed by atoms with Crippen molar-refractivity contribution in [1.82, 2.24) is 21.3 Å². The van der Waals surface area contributed by atoms with Crippen LogP contribution in [0.15, 0.2) is 24.3 Å². The van der Waals surface area contributed by atoms with E-state index in [9.17, 15) is 28.8 Å². The molecule has 3 atom stereocenters. The van der Waals surface area contributed by atoms with Crippen molar-refractivity contribution in [2.75, 3.05) is 18.9 Å². The van der Waals surface area contributed by atoms with Gasteiger partial charge >= 0.3 is 18.0 Å². The van der Waals surface area contributed by atoms with Gasteiger partial charge in [0.05, 0.1) is 6.04 Å². The van der Waals surface area contributed by atoms with Crippen LogP contribution in [0.4, 0.5) is 10.5 Å². The minimum Gasteiger partial charge on any atom is -0.481 e. The van der Waals surface area contributed by atoms with E-state index in [1.54, 1.807) is 38.1 Å². The molecule has 5 amide bonds. The second-order valence-corrected chi connectivity index (χ2v) is 9.46. The lowest BCUT2D eigenvalue weighted by molar-refractivity contribution is -0.142. The van der Waals surface area contributed by atoms with E-state index in [4.69, 9.17) is 15.6 Å². The van der Waals surface area contributed by atoms with Crippen LogP contribution in [0, 0.1) is 5.92 Å². The highest BCUT2D eigenvalue weighted by Crippen LogP contribution is 2.13. The van der Waals surface area contributed by atoms with Crippen LogP contribution in [-0.4, -0.2) is 72.5 Å². The number of urea groups is 1. The zero-order valence-electron chi connectivity index (χ0n) is 23.2. The number of carbonyl (C=O) groups excluding carboxylic acids is 5. The number of carboxylic acid groups (broad SMARTS) is 1. The Morgan fingerprint density at radius 2 is 1.57 bits per heavy atom. The molecular weight excluding hydrogens is 524 g/mol. The number of nitrogens with one attached hydrogen (secondary N) is 5. The van der Waals surface area contributed by atoms with Gasteiger partial charge < -0.3 is 42.2 Å². The molecule has 0 radical (unpaired) electrons. The van der Waals surface area contributed by atoms with Crippen LogP contribution in [0.3, 0.4) is 0 Å². The minimum atomic E-state index is -1.05.